The first-order chi connectivity index (χ1) is 9.81. The van der Waals surface area contributed by atoms with Gasteiger partial charge in [-0.05, 0) is 31.7 Å². The lowest BCUT2D eigenvalue weighted by Crippen LogP contribution is -2.45. The molecule has 2 N–H and O–H groups in total. The van der Waals surface area contributed by atoms with Gasteiger partial charge in [0.1, 0.15) is 0 Å². The fourth-order valence-corrected chi connectivity index (χ4v) is 3.17. The van der Waals surface area contributed by atoms with Crippen LogP contribution in [0.5, 0.6) is 11.5 Å². The van der Waals surface area contributed by atoms with Gasteiger partial charge >= 0.3 is 0 Å². The van der Waals surface area contributed by atoms with Gasteiger partial charge in [0.05, 0.1) is 6.61 Å². The number of ether oxygens (including phenoxy) is 1. The van der Waals surface area contributed by atoms with E-state index in [2.05, 4.69) is 16.3 Å². The van der Waals surface area contributed by atoms with Crippen molar-refractivity contribution in [3.63, 3.8) is 0 Å². The molecule has 0 bridgehead atoms. The van der Waals surface area contributed by atoms with Gasteiger partial charge in [-0.2, -0.15) is 0 Å². The summed E-state index contributed by atoms with van der Waals surface area (Å²) in [5.74, 6) is 1.64. The third kappa shape index (κ3) is 4.19. The maximum atomic E-state index is 10.5. The molecular formula is C16H26Cl2N2O2. The smallest absolute Gasteiger partial charge is 0.162 e. The van der Waals surface area contributed by atoms with E-state index in [1.165, 1.54) is 12.8 Å². The number of benzene rings is 1. The Kier molecular flexibility index (Phi) is 7.77. The van der Waals surface area contributed by atoms with E-state index in [1.807, 2.05) is 19.1 Å². The normalized spacial score (nSPS) is 19.7. The van der Waals surface area contributed by atoms with Crippen molar-refractivity contribution in [1.29, 1.82) is 0 Å². The third-order valence-corrected chi connectivity index (χ3v) is 4.26. The van der Waals surface area contributed by atoms with E-state index in [0.717, 1.165) is 31.7 Å². The summed E-state index contributed by atoms with van der Waals surface area (Å²) < 4.78 is 5.53. The number of rotatable bonds is 5. The van der Waals surface area contributed by atoms with Gasteiger partial charge in [-0.15, -0.1) is 24.8 Å². The molecule has 1 atom stereocenters. The fraction of sp³-hybridized carbons (Fsp3) is 0.625. The van der Waals surface area contributed by atoms with E-state index < -0.39 is 0 Å². The van der Waals surface area contributed by atoms with E-state index in [-0.39, 0.29) is 24.8 Å². The summed E-state index contributed by atoms with van der Waals surface area (Å²) in [5.41, 5.74) is 1.04. The average Bonchev–Trinajstić information content (AvgIpc) is 3.29. The first-order valence-corrected chi connectivity index (χ1v) is 7.70. The van der Waals surface area contributed by atoms with Gasteiger partial charge in [0.25, 0.3) is 0 Å². The Morgan fingerprint density at radius 2 is 1.95 bits per heavy atom. The molecule has 4 nitrogen and oxygen atoms in total. The van der Waals surface area contributed by atoms with E-state index in [1.54, 1.807) is 0 Å². The number of phenolic OH excluding ortho intramolecular Hbond substituents is 1. The lowest BCUT2D eigenvalue weighted by Gasteiger charge is -2.35. The summed E-state index contributed by atoms with van der Waals surface area (Å²) in [6.07, 6.45) is 2.54. The van der Waals surface area contributed by atoms with Crippen LogP contribution >= 0.6 is 24.8 Å². The number of para-hydroxylation sites is 1. The van der Waals surface area contributed by atoms with Crippen molar-refractivity contribution < 1.29 is 9.84 Å². The van der Waals surface area contributed by atoms with Gasteiger partial charge in [0.2, 0.25) is 0 Å². The zero-order valence-corrected chi connectivity index (χ0v) is 14.6. The van der Waals surface area contributed by atoms with Gasteiger partial charge < -0.3 is 15.2 Å². The molecule has 3 rings (SSSR count). The minimum Gasteiger partial charge on any atom is -0.504 e. The Hall–Kier alpha value is -0.680. The number of hydrogen-bond acceptors (Lipinski definition) is 4. The number of piperazine rings is 1. The van der Waals surface area contributed by atoms with Gasteiger partial charge in [-0.25, -0.2) is 0 Å². The minimum absolute atomic E-state index is 0. The molecular weight excluding hydrogens is 323 g/mol. The zero-order chi connectivity index (χ0) is 13.9. The lowest BCUT2D eigenvalue weighted by atomic mass is 9.98. The Labute approximate surface area is 145 Å². The molecule has 0 radical (unpaired) electrons. The van der Waals surface area contributed by atoms with Gasteiger partial charge in [-0.3, -0.25) is 4.90 Å². The molecule has 2 fully saturated rings. The molecule has 1 saturated heterocycles. The number of aromatic hydroxyl groups is 1. The van der Waals surface area contributed by atoms with E-state index in [0.29, 0.717) is 30.1 Å². The molecule has 1 aliphatic carbocycles. The van der Waals surface area contributed by atoms with Gasteiger partial charge in [0, 0.05) is 37.8 Å². The molecule has 1 aromatic rings. The van der Waals surface area contributed by atoms with Crippen LogP contribution in [0, 0.1) is 5.92 Å². The van der Waals surface area contributed by atoms with Crippen LogP contribution in [-0.2, 0) is 0 Å². The Morgan fingerprint density at radius 3 is 2.55 bits per heavy atom. The van der Waals surface area contributed by atoms with E-state index in [4.69, 9.17) is 4.74 Å². The van der Waals surface area contributed by atoms with Crippen molar-refractivity contribution in [3.8, 4) is 11.5 Å². The molecule has 0 spiro atoms. The summed E-state index contributed by atoms with van der Waals surface area (Å²) in [7, 11) is 0. The van der Waals surface area contributed by atoms with Crippen molar-refractivity contribution in [3.05, 3.63) is 23.8 Å². The lowest BCUT2D eigenvalue weighted by molar-refractivity contribution is 0.153. The van der Waals surface area contributed by atoms with Crippen molar-refractivity contribution >= 4 is 24.8 Å². The monoisotopic (exact) mass is 348 g/mol. The van der Waals surface area contributed by atoms with Crippen LogP contribution in [0.4, 0.5) is 0 Å². The summed E-state index contributed by atoms with van der Waals surface area (Å²) >= 11 is 0. The highest BCUT2D eigenvalue weighted by Crippen LogP contribution is 2.48. The highest BCUT2D eigenvalue weighted by Gasteiger charge is 2.38. The molecule has 126 valence electrons. The van der Waals surface area contributed by atoms with Gasteiger partial charge in [0.15, 0.2) is 11.5 Å². The second kappa shape index (κ2) is 8.82. The highest BCUT2D eigenvalue weighted by atomic mass is 35.5. The highest BCUT2D eigenvalue weighted by molar-refractivity contribution is 5.85. The van der Waals surface area contributed by atoms with Crippen molar-refractivity contribution in [2.75, 3.05) is 32.8 Å². The van der Waals surface area contributed by atoms with Crippen molar-refractivity contribution in [2.24, 2.45) is 5.92 Å². The van der Waals surface area contributed by atoms with Gasteiger partial charge in [-0.1, -0.05) is 12.1 Å². The van der Waals surface area contributed by atoms with Crippen LogP contribution in [0.15, 0.2) is 18.2 Å². The molecule has 22 heavy (non-hydrogen) atoms. The van der Waals surface area contributed by atoms with Crippen molar-refractivity contribution in [2.45, 2.75) is 25.8 Å². The van der Waals surface area contributed by atoms with Crippen LogP contribution in [0.1, 0.15) is 31.4 Å². The van der Waals surface area contributed by atoms with Crippen LogP contribution in [0.25, 0.3) is 0 Å². The first-order valence-electron chi connectivity index (χ1n) is 7.70. The quantitative estimate of drug-likeness (QED) is 0.858. The van der Waals surface area contributed by atoms with Crippen LogP contribution in [0.2, 0.25) is 0 Å². The molecule has 0 amide bonds. The molecule has 1 saturated carbocycles. The molecule has 0 aromatic heterocycles. The summed E-state index contributed by atoms with van der Waals surface area (Å²) in [4.78, 5) is 2.51. The number of nitrogens with zero attached hydrogens (tertiary/aromatic N) is 1. The SMILES string of the molecule is CCOc1cccc([C@H](C2CC2)N2CCNCC2)c1O.Cl.Cl. The second-order valence-corrected chi connectivity index (χ2v) is 5.70. The molecule has 6 heteroatoms. The molecule has 1 aliphatic heterocycles. The summed E-state index contributed by atoms with van der Waals surface area (Å²) in [6.45, 7) is 6.71. The maximum absolute atomic E-state index is 10.5. The Balaban J connectivity index is 0.00000121. The number of phenols is 1. The second-order valence-electron chi connectivity index (χ2n) is 5.70. The van der Waals surface area contributed by atoms with Crippen LogP contribution in [0.3, 0.4) is 0 Å². The molecule has 1 heterocycles. The molecule has 0 unspecified atom stereocenters. The number of halogens is 2. The Bertz CT molecular complexity index is 463. The Morgan fingerprint density at radius 1 is 1.27 bits per heavy atom. The standard InChI is InChI=1S/C16H24N2O2.2ClH/c1-2-20-14-5-3-4-13(16(14)19)15(12-6-7-12)18-10-8-17-9-11-18;;/h3-5,12,15,17,19H,2,6-11H2,1H3;2*1H/t15-;;/m0../s1. The van der Waals surface area contributed by atoms with Crippen molar-refractivity contribution in [1.82, 2.24) is 10.2 Å². The zero-order valence-electron chi connectivity index (χ0n) is 13.0. The van der Waals surface area contributed by atoms with E-state index >= 15 is 0 Å². The molecule has 1 aromatic carbocycles. The number of nitrogens with one attached hydrogen (secondary N) is 1. The predicted octanol–water partition coefficient (Wildman–Crippen LogP) is 2.99. The first kappa shape index (κ1) is 19.4. The summed E-state index contributed by atoms with van der Waals surface area (Å²) in [6, 6.07) is 6.25. The molecule has 2 aliphatic rings. The topological polar surface area (TPSA) is 44.7 Å². The third-order valence-electron chi connectivity index (χ3n) is 4.26. The maximum Gasteiger partial charge on any atom is 0.162 e. The fourth-order valence-electron chi connectivity index (χ4n) is 3.17. The summed E-state index contributed by atoms with van der Waals surface area (Å²) in [5, 5.41) is 13.9. The minimum atomic E-state index is 0. The van der Waals surface area contributed by atoms with Crippen LogP contribution in [-0.4, -0.2) is 42.8 Å². The van der Waals surface area contributed by atoms with Crippen LogP contribution < -0.4 is 10.1 Å². The largest absolute Gasteiger partial charge is 0.504 e. The number of hydrogen-bond donors (Lipinski definition) is 2. The predicted molar refractivity (Wildman–Crippen MR) is 93.7 cm³/mol. The van der Waals surface area contributed by atoms with E-state index in [9.17, 15) is 5.11 Å². The average molecular weight is 349 g/mol.